The first-order valence-electron chi connectivity index (χ1n) is 26.7. The predicted octanol–water partition coefficient (Wildman–Crippen LogP) is 8.11. The van der Waals surface area contributed by atoms with Gasteiger partial charge in [-0.3, -0.25) is 37.7 Å². The van der Waals surface area contributed by atoms with Gasteiger partial charge in [0, 0.05) is 45.7 Å². The van der Waals surface area contributed by atoms with E-state index in [0.29, 0.717) is 68.5 Å². The van der Waals surface area contributed by atoms with Gasteiger partial charge >= 0.3 is 0 Å². The highest BCUT2D eigenvalue weighted by molar-refractivity contribution is 6.12. The molecular weight excluding hydrogens is 1050 g/mol. The number of amides is 2. The van der Waals surface area contributed by atoms with E-state index in [1.54, 1.807) is 69.3 Å². The van der Waals surface area contributed by atoms with Gasteiger partial charge in [0.05, 0.1) is 100 Å². The van der Waals surface area contributed by atoms with Crippen molar-refractivity contribution in [2.24, 2.45) is 11.5 Å². The van der Waals surface area contributed by atoms with E-state index in [2.05, 4.69) is 30.1 Å². The van der Waals surface area contributed by atoms with E-state index < -0.39 is 23.7 Å². The Kier molecular flexibility index (Phi) is 13.8. The Morgan fingerprint density at radius 2 is 1.13 bits per heavy atom. The molecule has 20 heteroatoms. The van der Waals surface area contributed by atoms with Crippen LogP contribution in [-0.2, 0) is 22.6 Å². The number of carbonyl (C=O) groups is 2. The normalized spacial score (nSPS) is 14.4. The zero-order valence-electron chi connectivity index (χ0n) is 45.6. The van der Waals surface area contributed by atoms with Crippen LogP contribution >= 0.6 is 0 Å². The minimum atomic E-state index is -0.927. The molecule has 1 unspecified atom stereocenters. The number of rotatable bonds is 13. The Morgan fingerprint density at radius 1 is 0.651 bits per heavy atom. The highest BCUT2D eigenvalue weighted by Crippen LogP contribution is 2.39. The van der Waals surface area contributed by atoms with Gasteiger partial charge < -0.3 is 41.1 Å². The molecule has 12 aromatic rings. The fourth-order valence-electron chi connectivity index (χ4n) is 11.0. The number of nitrogens with two attached hydrogens (primary N) is 2. The molecule has 20 nitrogen and oxygen atoms in total. The van der Waals surface area contributed by atoms with Crippen LogP contribution in [0.25, 0.3) is 99.8 Å². The Morgan fingerprint density at radius 3 is 1.60 bits per heavy atom. The average Bonchev–Trinajstić information content (AvgIpc) is 4.37. The molecule has 1 aliphatic heterocycles. The maximum absolute atomic E-state index is 13.4. The Labute approximate surface area is 472 Å². The SMILES string of the molecule is Cc1c(-c2ccc(C(N)=O)c3[nH]c(-c4cnn(CC5COC(C)(C)O5)c4)cc23)cccc1-n1cnc2ccccc2c1=O.Cc1c(-c2ccc(C(N)=O)c3[nH]c(-c4cnn(C[C@@H](O)CO)c4)cc23)cccc1-n1cnc2ccccc2c1=O. The van der Waals surface area contributed by atoms with Gasteiger partial charge in [0.2, 0.25) is 0 Å². The second kappa shape index (κ2) is 21.4. The largest absolute Gasteiger partial charge is 0.394 e. The maximum atomic E-state index is 13.4. The molecule has 2 amide bonds. The molecule has 1 aliphatic rings. The van der Waals surface area contributed by atoms with Crippen molar-refractivity contribution in [1.29, 1.82) is 0 Å². The van der Waals surface area contributed by atoms with E-state index in [-0.39, 0.29) is 30.4 Å². The standard InChI is InChI=1S/C33H30N6O4.C30H26N6O4/c1-19-22(8-6-10-29(19)39-18-35-27-9-5-4-7-24(27)32(39)41)23-11-12-25(31(34)40)30-26(23)13-28(37-30)20-14-36-38(15-20)16-21-17-42-33(2,3)43-21;1-17-20(6-4-8-27(17)36-16-32-25-7-3-2-5-22(25)30(36)40)21-9-10-23(29(31)39)28-24(21)11-26(34-28)18-12-33-35(13-18)14-19(38)15-37/h4-15,18,21,37H,16-17H2,1-3H3,(H2,34,40);2-13,16,19,34,37-38H,14-15H2,1H3,(H2,31,39)/t;19-/m.1/s1. The summed E-state index contributed by atoms with van der Waals surface area (Å²) in [5, 5.41) is 30.4. The molecule has 0 bridgehead atoms. The van der Waals surface area contributed by atoms with Gasteiger partial charge in [-0.05, 0) is 122 Å². The molecule has 8 N–H and O–H groups in total. The van der Waals surface area contributed by atoms with E-state index in [1.807, 2.05) is 136 Å². The highest BCUT2D eigenvalue weighted by Gasteiger charge is 2.33. The number of hydrogen-bond donors (Lipinski definition) is 6. The van der Waals surface area contributed by atoms with Crippen LogP contribution in [0.2, 0.25) is 0 Å². The summed E-state index contributed by atoms with van der Waals surface area (Å²) in [6.07, 6.45) is 9.19. The molecule has 6 aromatic heterocycles. The minimum absolute atomic E-state index is 0.0981. The third kappa shape index (κ3) is 10.1. The number of benzene rings is 6. The summed E-state index contributed by atoms with van der Waals surface area (Å²) in [6, 6.07) is 37.2. The number of aromatic amines is 2. The number of aliphatic hydroxyl groups is 2. The molecule has 6 aromatic carbocycles. The van der Waals surface area contributed by atoms with Crippen LogP contribution in [-0.4, -0.2) is 102 Å². The lowest BCUT2D eigenvalue weighted by Crippen LogP contribution is -2.24. The minimum Gasteiger partial charge on any atom is -0.394 e. The van der Waals surface area contributed by atoms with Crippen molar-refractivity contribution in [2.45, 2.75) is 58.8 Å². The van der Waals surface area contributed by atoms with Crippen LogP contribution in [0.4, 0.5) is 0 Å². The number of hydrogen-bond acceptors (Lipinski definition) is 12. The Hall–Kier alpha value is -10.1. The monoisotopic (exact) mass is 1110 g/mol. The van der Waals surface area contributed by atoms with Gasteiger partial charge in [0.1, 0.15) is 18.8 Å². The quantitative estimate of drug-likeness (QED) is 0.0639. The zero-order valence-corrected chi connectivity index (χ0v) is 45.6. The molecule has 0 radical (unpaired) electrons. The number of aliphatic hydroxyl groups excluding tert-OH is 2. The van der Waals surface area contributed by atoms with E-state index in [0.717, 1.165) is 66.7 Å². The molecule has 7 heterocycles. The second-order valence-corrected chi connectivity index (χ2v) is 21.0. The van der Waals surface area contributed by atoms with Crippen LogP contribution < -0.4 is 22.6 Å². The maximum Gasteiger partial charge on any atom is 0.265 e. The van der Waals surface area contributed by atoms with Crippen molar-refractivity contribution in [1.82, 2.24) is 48.6 Å². The molecular formula is C63H56N12O8. The van der Waals surface area contributed by atoms with Crippen LogP contribution in [0.3, 0.4) is 0 Å². The van der Waals surface area contributed by atoms with Crippen molar-refractivity contribution >= 4 is 55.4 Å². The van der Waals surface area contributed by atoms with E-state index in [1.165, 1.54) is 0 Å². The Balaban J connectivity index is 0.000000164. The summed E-state index contributed by atoms with van der Waals surface area (Å²) in [5.41, 5.74) is 24.3. The third-order valence-electron chi connectivity index (χ3n) is 15.1. The molecule has 1 fully saturated rings. The smallest absolute Gasteiger partial charge is 0.265 e. The van der Waals surface area contributed by atoms with Crippen molar-refractivity contribution in [3.05, 3.63) is 202 Å². The van der Waals surface area contributed by atoms with Crippen molar-refractivity contribution in [2.75, 3.05) is 13.2 Å². The summed E-state index contributed by atoms with van der Waals surface area (Å²) >= 11 is 0. The summed E-state index contributed by atoms with van der Waals surface area (Å²) < 4.78 is 18.1. The first-order chi connectivity index (χ1) is 40.0. The van der Waals surface area contributed by atoms with Gasteiger partial charge in [0.15, 0.2) is 5.79 Å². The molecule has 416 valence electrons. The van der Waals surface area contributed by atoms with Crippen LogP contribution in [0, 0.1) is 13.8 Å². The summed E-state index contributed by atoms with van der Waals surface area (Å²) in [6.45, 7) is 8.55. The number of fused-ring (bicyclic) bond motifs is 4. The lowest BCUT2D eigenvalue weighted by molar-refractivity contribution is -0.139. The highest BCUT2D eigenvalue weighted by atomic mass is 16.7. The first kappa shape index (κ1) is 53.5. The molecule has 83 heavy (non-hydrogen) atoms. The number of ether oxygens (including phenoxy) is 2. The van der Waals surface area contributed by atoms with Gasteiger partial charge in [0.25, 0.3) is 22.9 Å². The first-order valence-corrected chi connectivity index (χ1v) is 26.7. The summed E-state index contributed by atoms with van der Waals surface area (Å²) in [7, 11) is 0. The molecule has 0 aliphatic carbocycles. The van der Waals surface area contributed by atoms with E-state index in [9.17, 15) is 24.3 Å². The van der Waals surface area contributed by atoms with Gasteiger partial charge in [-0.1, -0.05) is 60.7 Å². The number of nitrogens with zero attached hydrogens (tertiary/aromatic N) is 8. The van der Waals surface area contributed by atoms with Crippen molar-refractivity contribution in [3.8, 4) is 56.1 Å². The fraction of sp³-hybridized carbons (Fsp3) is 0.175. The second-order valence-electron chi connectivity index (χ2n) is 21.0. The number of carbonyl (C=O) groups excluding carboxylic acids is 2. The van der Waals surface area contributed by atoms with E-state index >= 15 is 0 Å². The van der Waals surface area contributed by atoms with Gasteiger partial charge in [-0.2, -0.15) is 10.2 Å². The Bertz CT molecular complexity index is 4660. The molecule has 13 rings (SSSR count). The predicted molar refractivity (Wildman–Crippen MR) is 316 cm³/mol. The number of H-pyrrole nitrogens is 2. The number of para-hydroxylation sites is 2. The average molecular weight is 1110 g/mol. The van der Waals surface area contributed by atoms with E-state index in [4.69, 9.17) is 26.0 Å². The number of primary amides is 2. The lowest BCUT2D eigenvalue weighted by Gasteiger charge is -2.16. The van der Waals surface area contributed by atoms with Crippen molar-refractivity contribution in [3.63, 3.8) is 0 Å². The van der Waals surface area contributed by atoms with Gasteiger partial charge in [-0.15, -0.1) is 0 Å². The van der Waals surface area contributed by atoms with Crippen LogP contribution in [0.15, 0.2) is 168 Å². The summed E-state index contributed by atoms with van der Waals surface area (Å²) in [5.74, 6) is -1.69. The van der Waals surface area contributed by atoms with Crippen molar-refractivity contribution < 1.29 is 29.3 Å². The molecule has 0 spiro atoms. The topological polar surface area (TPSA) is 282 Å². The number of nitrogens with one attached hydrogen (secondary N) is 2. The third-order valence-corrected chi connectivity index (χ3v) is 15.1. The fourth-order valence-corrected chi connectivity index (χ4v) is 11.0. The molecule has 2 atom stereocenters. The summed E-state index contributed by atoms with van der Waals surface area (Å²) in [4.78, 5) is 67.2. The van der Waals surface area contributed by atoms with Crippen LogP contribution in [0.5, 0.6) is 0 Å². The molecule has 0 saturated carbocycles. The molecule has 1 saturated heterocycles. The lowest BCUT2D eigenvalue weighted by atomic mass is 9.94. The van der Waals surface area contributed by atoms with Gasteiger partial charge in [-0.25, -0.2) is 9.97 Å². The van der Waals surface area contributed by atoms with Crippen LogP contribution in [0.1, 0.15) is 45.7 Å². The zero-order chi connectivity index (χ0) is 57.8. The number of aromatic nitrogens is 10.